The number of nitrogens with zero attached hydrogens (tertiary/aromatic N) is 2. The number of methoxy groups -OCH3 is 1. The van der Waals surface area contributed by atoms with Gasteiger partial charge in [0.25, 0.3) is 5.91 Å². The van der Waals surface area contributed by atoms with Gasteiger partial charge in [0.15, 0.2) is 0 Å². The highest BCUT2D eigenvalue weighted by atomic mass is 16.5. The van der Waals surface area contributed by atoms with E-state index in [2.05, 4.69) is 0 Å². The second kappa shape index (κ2) is 9.54. The number of carbonyl (C=O) groups excluding carboxylic acids is 2. The molecule has 2 amide bonds. The van der Waals surface area contributed by atoms with Gasteiger partial charge >= 0.3 is 0 Å². The molecule has 4 rings (SSSR count). The largest absolute Gasteiger partial charge is 0.496 e. The number of carbonyl (C=O) groups is 2. The minimum absolute atomic E-state index is 0.000304. The van der Waals surface area contributed by atoms with Crippen LogP contribution in [0.3, 0.4) is 0 Å². The van der Waals surface area contributed by atoms with Crippen LogP contribution in [0.5, 0.6) is 5.75 Å². The Hall–Kier alpha value is -2.82. The van der Waals surface area contributed by atoms with Crippen molar-refractivity contribution in [2.24, 2.45) is 0 Å². The fraction of sp³-hybridized carbons (Fsp3) is 0.462. The van der Waals surface area contributed by atoms with E-state index in [0.717, 1.165) is 48.1 Å². The Labute approximate surface area is 185 Å². The molecule has 5 nitrogen and oxygen atoms in total. The molecular weight excluding hydrogens is 388 g/mol. The highest BCUT2D eigenvalue weighted by Gasteiger charge is 2.42. The minimum atomic E-state index is -0.602. The number of ether oxygens (including phenoxy) is 1. The van der Waals surface area contributed by atoms with Gasteiger partial charge in [-0.3, -0.25) is 9.59 Å². The Morgan fingerprint density at radius 1 is 0.935 bits per heavy atom. The molecule has 164 valence electrons. The number of para-hydroxylation sites is 1. The number of piperazine rings is 1. The Balaban J connectivity index is 1.68. The molecular formula is C26H32N2O3. The normalized spacial score (nSPS) is 20.6. The predicted octanol–water partition coefficient (Wildman–Crippen LogP) is 4.64. The molecule has 2 aliphatic rings. The predicted molar refractivity (Wildman–Crippen MR) is 121 cm³/mol. The molecule has 1 aliphatic heterocycles. The van der Waals surface area contributed by atoms with Crippen molar-refractivity contribution >= 4 is 11.8 Å². The molecule has 1 aliphatic carbocycles. The van der Waals surface area contributed by atoms with E-state index in [0.29, 0.717) is 6.54 Å². The lowest BCUT2D eigenvalue weighted by molar-refractivity contribution is -0.159. The first-order valence-electron chi connectivity index (χ1n) is 11.4. The van der Waals surface area contributed by atoms with E-state index >= 15 is 0 Å². The molecule has 0 unspecified atom stereocenters. The van der Waals surface area contributed by atoms with E-state index in [9.17, 15) is 9.59 Å². The maximum absolute atomic E-state index is 13.8. The fourth-order valence-electron chi connectivity index (χ4n) is 4.90. The first-order chi connectivity index (χ1) is 15.1. The topological polar surface area (TPSA) is 49.9 Å². The van der Waals surface area contributed by atoms with Gasteiger partial charge in [-0.25, -0.2) is 0 Å². The molecule has 1 atom stereocenters. The van der Waals surface area contributed by atoms with Crippen LogP contribution in [-0.4, -0.2) is 41.3 Å². The summed E-state index contributed by atoms with van der Waals surface area (Å²) in [7, 11) is 1.63. The van der Waals surface area contributed by atoms with Crippen LogP contribution in [0.2, 0.25) is 0 Å². The van der Waals surface area contributed by atoms with Gasteiger partial charge in [0.1, 0.15) is 18.3 Å². The lowest BCUT2D eigenvalue weighted by Crippen LogP contribution is -2.57. The van der Waals surface area contributed by atoms with Crippen molar-refractivity contribution in [1.82, 2.24) is 9.80 Å². The molecule has 5 heteroatoms. The standard InChI is InChI=1S/C26H32N2O3/c1-19-13-15-20(16-14-19)25-26(30)27(22-10-5-3-4-6-11-22)18-24(29)28(25)17-21-9-7-8-12-23(21)31-2/h7-9,12-16,22,25H,3-6,10-11,17-18H2,1-2H3/t25-/m0/s1. The summed E-state index contributed by atoms with van der Waals surface area (Å²) < 4.78 is 5.50. The van der Waals surface area contributed by atoms with Crippen LogP contribution in [0.4, 0.5) is 0 Å². The number of amides is 2. The maximum Gasteiger partial charge on any atom is 0.250 e. The zero-order valence-corrected chi connectivity index (χ0v) is 18.5. The summed E-state index contributed by atoms with van der Waals surface area (Å²) in [4.78, 5) is 30.9. The molecule has 0 N–H and O–H groups in total. The number of aryl methyl sites for hydroxylation is 1. The molecule has 31 heavy (non-hydrogen) atoms. The maximum atomic E-state index is 13.8. The lowest BCUT2D eigenvalue weighted by Gasteiger charge is -2.43. The van der Waals surface area contributed by atoms with Crippen LogP contribution in [0.15, 0.2) is 48.5 Å². The molecule has 0 aromatic heterocycles. The SMILES string of the molecule is COc1ccccc1CN1C(=O)CN(C2CCCCCC2)C(=O)[C@@H]1c1ccc(C)cc1. The molecule has 0 radical (unpaired) electrons. The van der Waals surface area contributed by atoms with E-state index in [4.69, 9.17) is 4.74 Å². The van der Waals surface area contributed by atoms with E-state index in [1.54, 1.807) is 12.0 Å². The Bertz CT molecular complexity index is 917. The van der Waals surface area contributed by atoms with Crippen molar-refractivity contribution < 1.29 is 14.3 Å². The molecule has 1 saturated carbocycles. The van der Waals surface area contributed by atoms with Crippen LogP contribution in [0.25, 0.3) is 0 Å². The van der Waals surface area contributed by atoms with Gasteiger partial charge in [-0.1, -0.05) is 73.7 Å². The zero-order valence-electron chi connectivity index (χ0n) is 18.5. The molecule has 1 heterocycles. The smallest absolute Gasteiger partial charge is 0.250 e. The highest BCUT2D eigenvalue weighted by Crippen LogP contribution is 2.34. The summed E-state index contributed by atoms with van der Waals surface area (Å²) in [6.45, 7) is 2.55. The first kappa shape index (κ1) is 21.4. The van der Waals surface area contributed by atoms with E-state index in [1.165, 1.54) is 12.8 Å². The van der Waals surface area contributed by atoms with E-state index in [-0.39, 0.29) is 24.4 Å². The monoisotopic (exact) mass is 420 g/mol. The number of hydrogen-bond donors (Lipinski definition) is 0. The fourth-order valence-corrected chi connectivity index (χ4v) is 4.90. The minimum Gasteiger partial charge on any atom is -0.496 e. The molecule has 2 aromatic rings. The summed E-state index contributed by atoms with van der Waals surface area (Å²) >= 11 is 0. The van der Waals surface area contributed by atoms with Crippen LogP contribution in [0.1, 0.15) is 61.3 Å². The number of rotatable bonds is 5. The lowest BCUT2D eigenvalue weighted by atomic mass is 9.96. The van der Waals surface area contributed by atoms with Crippen molar-refractivity contribution in [1.29, 1.82) is 0 Å². The van der Waals surface area contributed by atoms with Gasteiger partial charge in [-0.2, -0.15) is 0 Å². The van der Waals surface area contributed by atoms with E-state index in [1.807, 2.05) is 60.4 Å². The summed E-state index contributed by atoms with van der Waals surface area (Å²) in [6, 6.07) is 15.3. The summed E-state index contributed by atoms with van der Waals surface area (Å²) in [6.07, 6.45) is 6.67. The second-order valence-corrected chi connectivity index (χ2v) is 8.76. The van der Waals surface area contributed by atoms with Gasteiger partial charge in [0, 0.05) is 11.6 Å². The van der Waals surface area contributed by atoms with Crippen molar-refractivity contribution in [3.05, 3.63) is 65.2 Å². The highest BCUT2D eigenvalue weighted by molar-refractivity contribution is 5.95. The van der Waals surface area contributed by atoms with Crippen LogP contribution >= 0.6 is 0 Å². The average molecular weight is 421 g/mol. The quantitative estimate of drug-likeness (QED) is 0.662. The van der Waals surface area contributed by atoms with Crippen LogP contribution in [0, 0.1) is 6.92 Å². The van der Waals surface area contributed by atoms with Crippen molar-refractivity contribution in [3.63, 3.8) is 0 Å². The van der Waals surface area contributed by atoms with Gasteiger partial charge in [-0.15, -0.1) is 0 Å². The molecule has 0 spiro atoms. The molecule has 2 fully saturated rings. The van der Waals surface area contributed by atoms with Gasteiger partial charge in [0.2, 0.25) is 5.91 Å². The zero-order chi connectivity index (χ0) is 21.8. The van der Waals surface area contributed by atoms with Crippen LogP contribution < -0.4 is 4.74 Å². The summed E-state index contributed by atoms with van der Waals surface area (Å²) in [5, 5.41) is 0. The van der Waals surface area contributed by atoms with Crippen LogP contribution in [-0.2, 0) is 16.1 Å². The Morgan fingerprint density at radius 2 is 1.61 bits per heavy atom. The second-order valence-electron chi connectivity index (χ2n) is 8.76. The average Bonchev–Trinajstić information content (AvgIpc) is 3.07. The summed E-state index contributed by atoms with van der Waals surface area (Å²) in [5.74, 6) is 0.780. The van der Waals surface area contributed by atoms with E-state index < -0.39 is 6.04 Å². The third kappa shape index (κ3) is 4.60. The van der Waals surface area contributed by atoms with Crippen molar-refractivity contribution in [3.8, 4) is 5.75 Å². The number of benzene rings is 2. The van der Waals surface area contributed by atoms with Gasteiger partial charge in [-0.05, 0) is 31.4 Å². The van der Waals surface area contributed by atoms with Crippen molar-refractivity contribution in [2.45, 2.75) is 64.1 Å². The third-order valence-electron chi connectivity index (χ3n) is 6.65. The van der Waals surface area contributed by atoms with Gasteiger partial charge in [0.05, 0.1) is 13.7 Å². The molecule has 2 aromatic carbocycles. The Kier molecular flexibility index (Phi) is 6.59. The van der Waals surface area contributed by atoms with Gasteiger partial charge < -0.3 is 14.5 Å². The van der Waals surface area contributed by atoms with Crippen molar-refractivity contribution in [2.75, 3.05) is 13.7 Å². The number of hydrogen-bond acceptors (Lipinski definition) is 3. The molecule has 0 bridgehead atoms. The third-order valence-corrected chi connectivity index (χ3v) is 6.65. The first-order valence-corrected chi connectivity index (χ1v) is 11.4. The molecule has 1 saturated heterocycles. The Morgan fingerprint density at radius 3 is 2.29 bits per heavy atom. The summed E-state index contributed by atoms with van der Waals surface area (Å²) in [5.41, 5.74) is 2.92.